The summed E-state index contributed by atoms with van der Waals surface area (Å²) in [5.41, 5.74) is 1.14. The van der Waals surface area contributed by atoms with Gasteiger partial charge in [0.05, 0.1) is 23.2 Å². The first-order valence-electron chi connectivity index (χ1n) is 11.1. The number of nitrogens with zero attached hydrogens (tertiary/aromatic N) is 2. The lowest BCUT2D eigenvalue weighted by Gasteiger charge is -2.13. The molecule has 0 radical (unpaired) electrons. The number of hydrogen-bond acceptors (Lipinski definition) is 7. The Morgan fingerprint density at radius 3 is 2.24 bits per heavy atom. The second kappa shape index (κ2) is 10.0. The minimum absolute atomic E-state index is 0.0255. The van der Waals surface area contributed by atoms with E-state index in [0.717, 1.165) is 21.7 Å². The molecule has 2 N–H and O–H groups in total. The number of phenols is 1. The molecule has 0 aliphatic rings. The molecule has 4 aromatic rings. The highest BCUT2D eigenvalue weighted by Gasteiger charge is 2.33. The van der Waals surface area contributed by atoms with Crippen LogP contribution in [0.1, 0.15) is 22.4 Å². The van der Waals surface area contributed by atoms with Crippen molar-refractivity contribution in [1.82, 2.24) is 3.97 Å². The summed E-state index contributed by atoms with van der Waals surface area (Å²) in [5, 5.41) is 20.6. The van der Waals surface area contributed by atoms with Gasteiger partial charge in [-0.05, 0) is 50.2 Å². The summed E-state index contributed by atoms with van der Waals surface area (Å²) in [6.07, 6.45) is -5.00. The van der Waals surface area contributed by atoms with Crippen LogP contribution < -0.4 is 9.47 Å². The second-order valence-corrected chi connectivity index (χ2v) is 10.1. The molecule has 0 saturated heterocycles. The summed E-state index contributed by atoms with van der Waals surface area (Å²) in [6, 6.07) is 13.6. The maximum absolute atomic E-state index is 13.8. The van der Waals surface area contributed by atoms with E-state index in [2.05, 4.69) is 9.73 Å². The molecule has 3 aromatic carbocycles. The molecule has 0 saturated carbocycles. The fourth-order valence-corrected chi connectivity index (χ4v) is 5.75. The third kappa shape index (κ3) is 5.04. The number of aliphatic imine (C=N–C) groups is 1. The normalized spacial score (nSPS) is 12.7. The Kier molecular flexibility index (Phi) is 7.13. The molecule has 0 aliphatic carbocycles. The van der Waals surface area contributed by atoms with E-state index in [1.807, 2.05) is 0 Å². The van der Waals surface area contributed by atoms with E-state index in [1.54, 1.807) is 19.1 Å². The van der Waals surface area contributed by atoms with Gasteiger partial charge in [-0.1, -0.05) is 17.7 Å². The standard InChI is InChI=1S/C26H23F3N2O6S/c1-15-4-8-19(9-5-15)38(34,35)31-16(2)24(20-10-7-18(12-22(20)31)37-26(27,28)29)25(30-14-32)21-11-6-17(36-3)13-23(21)33/h4-13,32-33H,14H2,1-3H3/b30-25-. The zero-order valence-electron chi connectivity index (χ0n) is 20.4. The van der Waals surface area contributed by atoms with Gasteiger partial charge in [-0.2, -0.15) is 0 Å². The van der Waals surface area contributed by atoms with Crippen LogP contribution in [0.4, 0.5) is 13.2 Å². The van der Waals surface area contributed by atoms with Gasteiger partial charge >= 0.3 is 6.36 Å². The van der Waals surface area contributed by atoms with Crippen molar-refractivity contribution in [2.75, 3.05) is 13.8 Å². The fraction of sp³-hybridized carbons (Fsp3) is 0.192. The lowest BCUT2D eigenvalue weighted by molar-refractivity contribution is -0.274. The number of aromatic hydroxyl groups is 1. The molecule has 8 nitrogen and oxygen atoms in total. The molecule has 1 aromatic heterocycles. The molecule has 0 atom stereocenters. The van der Waals surface area contributed by atoms with Crippen LogP contribution in [-0.4, -0.2) is 48.5 Å². The van der Waals surface area contributed by atoms with Crippen LogP contribution in [0.3, 0.4) is 0 Å². The molecular weight excluding hydrogens is 525 g/mol. The Bertz CT molecular complexity index is 1640. The first-order valence-corrected chi connectivity index (χ1v) is 12.6. The molecule has 0 aliphatic heterocycles. The molecule has 0 fully saturated rings. The Morgan fingerprint density at radius 1 is 1.00 bits per heavy atom. The molecule has 4 rings (SSSR count). The van der Waals surface area contributed by atoms with Crippen LogP contribution in [-0.2, 0) is 10.0 Å². The van der Waals surface area contributed by atoms with Crippen LogP contribution in [0.15, 0.2) is 70.6 Å². The van der Waals surface area contributed by atoms with Gasteiger partial charge in [0.2, 0.25) is 0 Å². The number of rotatable bonds is 7. The lowest BCUT2D eigenvalue weighted by Crippen LogP contribution is -2.17. The van der Waals surface area contributed by atoms with E-state index >= 15 is 0 Å². The smallest absolute Gasteiger partial charge is 0.507 e. The monoisotopic (exact) mass is 548 g/mol. The highest BCUT2D eigenvalue weighted by molar-refractivity contribution is 7.90. The number of methoxy groups -OCH3 is 1. The van der Waals surface area contributed by atoms with Gasteiger partial charge in [0.15, 0.2) is 0 Å². The van der Waals surface area contributed by atoms with E-state index in [9.17, 15) is 31.8 Å². The van der Waals surface area contributed by atoms with E-state index in [4.69, 9.17) is 4.74 Å². The summed E-state index contributed by atoms with van der Waals surface area (Å²) < 4.78 is 76.6. The highest BCUT2D eigenvalue weighted by Crippen LogP contribution is 2.37. The predicted molar refractivity (Wildman–Crippen MR) is 135 cm³/mol. The lowest BCUT2D eigenvalue weighted by atomic mass is 9.98. The van der Waals surface area contributed by atoms with Gasteiger partial charge in [0.25, 0.3) is 10.0 Å². The van der Waals surface area contributed by atoms with Crippen molar-refractivity contribution in [2.24, 2.45) is 4.99 Å². The van der Waals surface area contributed by atoms with Gasteiger partial charge in [-0.15, -0.1) is 13.2 Å². The van der Waals surface area contributed by atoms with Crippen molar-refractivity contribution in [3.8, 4) is 17.2 Å². The van der Waals surface area contributed by atoms with Crippen molar-refractivity contribution < 1.29 is 41.3 Å². The minimum atomic E-state index is -5.00. The third-order valence-electron chi connectivity index (χ3n) is 5.84. The van der Waals surface area contributed by atoms with Gasteiger partial charge in [-0.3, -0.25) is 4.99 Å². The quantitative estimate of drug-likeness (QED) is 0.318. The average Bonchev–Trinajstić information content (AvgIpc) is 3.13. The summed E-state index contributed by atoms with van der Waals surface area (Å²) in [7, 11) is -2.92. The molecule has 0 bridgehead atoms. The van der Waals surface area contributed by atoms with Crippen molar-refractivity contribution in [2.45, 2.75) is 25.1 Å². The van der Waals surface area contributed by atoms with Crippen molar-refractivity contribution in [1.29, 1.82) is 0 Å². The Hall–Kier alpha value is -4.03. The number of halogens is 3. The van der Waals surface area contributed by atoms with E-state index in [-0.39, 0.29) is 44.1 Å². The number of aliphatic hydroxyl groups excluding tert-OH is 1. The van der Waals surface area contributed by atoms with Crippen LogP contribution in [0, 0.1) is 13.8 Å². The number of fused-ring (bicyclic) bond motifs is 1. The fourth-order valence-electron chi connectivity index (χ4n) is 4.20. The van der Waals surface area contributed by atoms with Crippen LogP contribution in [0.5, 0.6) is 17.2 Å². The number of aromatic nitrogens is 1. The molecule has 0 amide bonds. The van der Waals surface area contributed by atoms with Crippen molar-refractivity contribution in [3.63, 3.8) is 0 Å². The number of aryl methyl sites for hydroxylation is 1. The Labute approximate surface area is 216 Å². The number of hydrogen-bond donors (Lipinski definition) is 2. The zero-order valence-corrected chi connectivity index (χ0v) is 21.3. The highest BCUT2D eigenvalue weighted by atomic mass is 32.2. The Morgan fingerprint density at radius 2 is 1.66 bits per heavy atom. The molecule has 1 heterocycles. The van der Waals surface area contributed by atoms with Gasteiger partial charge in [0, 0.05) is 34.3 Å². The van der Waals surface area contributed by atoms with E-state index in [0.29, 0.717) is 5.75 Å². The van der Waals surface area contributed by atoms with E-state index in [1.165, 1.54) is 50.4 Å². The molecule has 38 heavy (non-hydrogen) atoms. The predicted octanol–water partition coefficient (Wildman–Crippen LogP) is 4.90. The van der Waals surface area contributed by atoms with Crippen molar-refractivity contribution in [3.05, 3.63) is 83.0 Å². The first-order chi connectivity index (χ1) is 17.9. The maximum atomic E-state index is 13.8. The summed E-state index contributed by atoms with van der Waals surface area (Å²) in [4.78, 5) is 4.01. The van der Waals surface area contributed by atoms with Crippen LogP contribution in [0.25, 0.3) is 10.9 Å². The number of phenolic OH excluding ortho intramolecular Hbond substituents is 1. The number of ether oxygens (including phenoxy) is 2. The summed E-state index contributed by atoms with van der Waals surface area (Å²) >= 11 is 0. The maximum Gasteiger partial charge on any atom is 0.573 e. The number of alkyl halides is 3. The largest absolute Gasteiger partial charge is 0.573 e. The first kappa shape index (κ1) is 27.0. The zero-order chi connectivity index (χ0) is 27.8. The average molecular weight is 549 g/mol. The van der Waals surface area contributed by atoms with Crippen LogP contribution >= 0.6 is 0 Å². The van der Waals surface area contributed by atoms with E-state index < -0.39 is 28.9 Å². The Balaban J connectivity index is 2.07. The summed E-state index contributed by atoms with van der Waals surface area (Å²) in [5.74, 6) is -0.553. The molecule has 200 valence electrons. The number of aliphatic hydroxyl groups is 1. The molecule has 0 unspecified atom stereocenters. The summed E-state index contributed by atoms with van der Waals surface area (Å²) in [6.45, 7) is 2.52. The van der Waals surface area contributed by atoms with Gasteiger partial charge in [0.1, 0.15) is 24.0 Å². The molecule has 0 spiro atoms. The number of benzene rings is 3. The SMILES string of the molecule is COc1ccc(/C(=N/CO)c2c(C)n(S(=O)(=O)c3ccc(C)cc3)c3cc(OC(F)(F)F)ccc23)c(O)c1. The topological polar surface area (TPSA) is 110 Å². The van der Waals surface area contributed by atoms with Crippen molar-refractivity contribution >= 4 is 26.6 Å². The van der Waals surface area contributed by atoms with Gasteiger partial charge < -0.3 is 19.7 Å². The third-order valence-corrected chi connectivity index (χ3v) is 7.66. The molecule has 12 heteroatoms. The minimum Gasteiger partial charge on any atom is -0.507 e. The molecular formula is C26H23F3N2O6S. The van der Waals surface area contributed by atoms with Gasteiger partial charge in [-0.25, -0.2) is 12.4 Å². The van der Waals surface area contributed by atoms with Crippen LogP contribution in [0.2, 0.25) is 0 Å². The second-order valence-electron chi connectivity index (χ2n) is 8.30.